The minimum atomic E-state index is -0.104. The number of halogens is 1. The quantitative estimate of drug-likeness (QED) is 0.812. The number of amides is 1. The third-order valence-electron chi connectivity index (χ3n) is 3.93. The highest BCUT2D eigenvalue weighted by Crippen LogP contribution is 2.26. The van der Waals surface area contributed by atoms with Crippen LogP contribution in [0.3, 0.4) is 0 Å². The lowest BCUT2D eigenvalue weighted by Gasteiger charge is -2.26. The molecule has 0 aromatic heterocycles. The third kappa shape index (κ3) is 5.21. The lowest BCUT2D eigenvalue weighted by Crippen LogP contribution is -2.23. The van der Waals surface area contributed by atoms with Gasteiger partial charge in [-0.2, -0.15) is 0 Å². The van der Waals surface area contributed by atoms with Gasteiger partial charge in [0, 0.05) is 5.02 Å². The predicted molar refractivity (Wildman–Crippen MR) is 86.5 cm³/mol. The highest BCUT2D eigenvalue weighted by Gasteiger charge is 2.18. The largest absolute Gasteiger partial charge is 0.397 e. The Balaban J connectivity index is 1.71. The van der Waals surface area contributed by atoms with Gasteiger partial charge in [0.2, 0.25) is 5.91 Å². The molecular weight excluding hydrogens is 288 g/mol. The summed E-state index contributed by atoms with van der Waals surface area (Å²) in [5, 5.41) is 3.32. The zero-order valence-corrected chi connectivity index (χ0v) is 13.2. The molecule has 1 aliphatic carbocycles. The second-order valence-corrected chi connectivity index (χ2v) is 6.22. The number of anilines is 2. The number of rotatable bonds is 5. The average Bonchev–Trinajstić information content (AvgIpc) is 2.45. The summed E-state index contributed by atoms with van der Waals surface area (Å²) >= 11 is 5.89. The SMILES string of the molecule is CC1CCC(OCCC(=O)Nc2cc(Cl)ccc2N)CC1. The van der Waals surface area contributed by atoms with Gasteiger partial charge in [-0.25, -0.2) is 0 Å². The van der Waals surface area contributed by atoms with Crippen molar-refractivity contribution in [3.05, 3.63) is 23.2 Å². The van der Waals surface area contributed by atoms with Gasteiger partial charge in [0.15, 0.2) is 0 Å². The van der Waals surface area contributed by atoms with Crippen LogP contribution in [0.4, 0.5) is 11.4 Å². The zero-order chi connectivity index (χ0) is 15.2. The lowest BCUT2D eigenvalue weighted by atomic mass is 9.89. The number of hydrogen-bond acceptors (Lipinski definition) is 3. The van der Waals surface area contributed by atoms with Gasteiger partial charge in [0.05, 0.1) is 30.5 Å². The maximum absolute atomic E-state index is 11.9. The van der Waals surface area contributed by atoms with E-state index in [2.05, 4.69) is 12.2 Å². The van der Waals surface area contributed by atoms with Crippen molar-refractivity contribution in [3.63, 3.8) is 0 Å². The maximum Gasteiger partial charge on any atom is 0.226 e. The molecule has 0 bridgehead atoms. The minimum absolute atomic E-state index is 0.104. The summed E-state index contributed by atoms with van der Waals surface area (Å²) in [5.41, 5.74) is 6.86. The molecule has 1 aromatic carbocycles. The Labute approximate surface area is 131 Å². The molecule has 3 N–H and O–H groups in total. The van der Waals surface area contributed by atoms with Crippen LogP contribution in [0.15, 0.2) is 18.2 Å². The van der Waals surface area contributed by atoms with E-state index in [9.17, 15) is 4.79 Å². The molecule has 0 spiro atoms. The summed E-state index contributed by atoms with van der Waals surface area (Å²) in [7, 11) is 0. The molecule has 1 aliphatic rings. The maximum atomic E-state index is 11.9. The van der Waals surface area contributed by atoms with Gasteiger partial charge < -0.3 is 15.8 Å². The van der Waals surface area contributed by atoms with Crippen LogP contribution < -0.4 is 11.1 Å². The van der Waals surface area contributed by atoms with E-state index >= 15 is 0 Å². The van der Waals surface area contributed by atoms with Crippen molar-refractivity contribution in [2.45, 2.75) is 45.1 Å². The van der Waals surface area contributed by atoms with E-state index in [1.54, 1.807) is 18.2 Å². The van der Waals surface area contributed by atoms with Crippen LogP contribution in [-0.2, 0) is 9.53 Å². The van der Waals surface area contributed by atoms with Crippen LogP contribution in [0, 0.1) is 5.92 Å². The van der Waals surface area contributed by atoms with Crippen LogP contribution >= 0.6 is 11.6 Å². The zero-order valence-electron chi connectivity index (χ0n) is 12.4. The first-order chi connectivity index (χ1) is 10.0. The van der Waals surface area contributed by atoms with Crippen molar-refractivity contribution < 1.29 is 9.53 Å². The van der Waals surface area contributed by atoms with E-state index < -0.39 is 0 Å². The first kappa shape index (κ1) is 16.1. The smallest absolute Gasteiger partial charge is 0.226 e. The van der Waals surface area contributed by atoms with Gasteiger partial charge in [0.25, 0.3) is 0 Å². The summed E-state index contributed by atoms with van der Waals surface area (Å²) in [6, 6.07) is 5.02. The molecule has 2 rings (SSSR count). The van der Waals surface area contributed by atoms with E-state index in [0.29, 0.717) is 35.5 Å². The second kappa shape index (κ2) is 7.66. The fourth-order valence-corrected chi connectivity index (χ4v) is 2.74. The molecule has 0 aliphatic heterocycles. The first-order valence-corrected chi connectivity index (χ1v) is 7.89. The van der Waals surface area contributed by atoms with E-state index in [0.717, 1.165) is 18.8 Å². The molecule has 0 radical (unpaired) electrons. The van der Waals surface area contributed by atoms with Gasteiger partial charge in [-0.3, -0.25) is 4.79 Å². The molecule has 21 heavy (non-hydrogen) atoms. The molecule has 0 unspecified atom stereocenters. The number of ether oxygens (including phenoxy) is 1. The van der Waals surface area contributed by atoms with E-state index in [-0.39, 0.29) is 5.91 Å². The Hall–Kier alpha value is -1.26. The Morgan fingerprint density at radius 2 is 2.10 bits per heavy atom. The lowest BCUT2D eigenvalue weighted by molar-refractivity contribution is -0.117. The van der Waals surface area contributed by atoms with Crippen LogP contribution in [0.25, 0.3) is 0 Å². The van der Waals surface area contributed by atoms with E-state index in [4.69, 9.17) is 22.1 Å². The van der Waals surface area contributed by atoms with Crippen molar-refractivity contribution in [1.82, 2.24) is 0 Å². The number of nitrogen functional groups attached to an aromatic ring is 1. The Bertz CT molecular complexity index is 485. The molecule has 116 valence electrons. The van der Waals surface area contributed by atoms with Crippen molar-refractivity contribution in [3.8, 4) is 0 Å². The van der Waals surface area contributed by atoms with Crippen LogP contribution in [-0.4, -0.2) is 18.6 Å². The van der Waals surface area contributed by atoms with Gasteiger partial charge in [-0.05, 0) is 49.8 Å². The molecule has 1 saturated carbocycles. The minimum Gasteiger partial charge on any atom is -0.397 e. The third-order valence-corrected chi connectivity index (χ3v) is 4.17. The second-order valence-electron chi connectivity index (χ2n) is 5.78. The summed E-state index contributed by atoms with van der Waals surface area (Å²) in [6.07, 6.45) is 5.28. The standard InChI is InChI=1S/C16H23ClN2O2/c1-11-2-5-13(6-3-11)21-9-8-16(20)19-15-10-12(17)4-7-14(15)18/h4,7,10-11,13H,2-3,5-6,8-9,18H2,1H3,(H,19,20). The number of benzene rings is 1. The van der Waals surface area contributed by atoms with Crippen molar-refractivity contribution in [2.75, 3.05) is 17.7 Å². The van der Waals surface area contributed by atoms with Gasteiger partial charge in [-0.15, -0.1) is 0 Å². The van der Waals surface area contributed by atoms with Crippen molar-refractivity contribution in [1.29, 1.82) is 0 Å². The fraction of sp³-hybridized carbons (Fsp3) is 0.562. The van der Waals surface area contributed by atoms with Gasteiger partial charge in [-0.1, -0.05) is 18.5 Å². The van der Waals surface area contributed by atoms with E-state index in [1.807, 2.05) is 0 Å². The molecule has 0 atom stereocenters. The fourth-order valence-electron chi connectivity index (χ4n) is 2.56. The highest BCUT2D eigenvalue weighted by molar-refractivity contribution is 6.31. The summed E-state index contributed by atoms with van der Waals surface area (Å²) in [4.78, 5) is 11.9. The molecule has 0 heterocycles. The topological polar surface area (TPSA) is 64.3 Å². The molecule has 5 heteroatoms. The first-order valence-electron chi connectivity index (χ1n) is 7.51. The Kier molecular flexibility index (Phi) is 5.88. The number of hydrogen-bond donors (Lipinski definition) is 2. The Morgan fingerprint density at radius 1 is 1.38 bits per heavy atom. The summed E-state index contributed by atoms with van der Waals surface area (Å²) < 4.78 is 5.78. The van der Waals surface area contributed by atoms with Crippen LogP contribution in [0.2, 0.25) is 5.02 Å². The average molecular weight is 311 g/mol. The monoisotopic (exact) mass is 310 g/mol. The van der Waals surface area contributed by atoms with Gasteiger partial charge >= 0.3 is 0 Å². The number of nitrogens with two attached hydrogens (primary N) is 1. The highest BCUT2D eigenvalue weighted by atomic mass is 35.5. The molecule has 1 aromatic rings. The van der Waals surface area contributed by atoms with Crippen molar-refractivity contribution in [2.24, 2.45) is 5.92 Å². The Morgan fingerprint density at radius 3 is 2.81 bits per heavy atom. The number of carbonyl (C=O) groups is 1. The van der Waals surface area contributed by atoms with E-state index in [1.165, 1.54) is 12.8 Å². The molecule has 1 fully saturated rings. The normalized spacial score (nSPS) is 22.0. The predicted octanol–water partition coefficient (Wildman–Crippen LogP) is 3.85. The molecule has 0 saturated heterocycles. The number of nitrogens with one attached hydrogen (secondary N) is 1. The number of carbonyl (C=O) groups excluding carboxylic acids is 1. The molecular formula is C16H23ClN2O2. The van der Waals surface area contributed by atoms with Gasteiger partial charge in [0.1, 0.15) is 0 Å². The molecule has 4 nitrogen and oxygen atoms in total. The van der Waals surface area contributed by atoms with Crippen LogP contribution in [0.5, 0.6) is 0 Å². The summed E-state index contributed by atoms with van der Waals surface area (Å²) in [6.45, 7) is 2.73. The van der Waals surface area contributed by atoms with Crippen LogP contribution in [0.1, 0.15) is 39.0 Å². The van der Waals surface area contributed by atoms with Crippen molar-refractivity contribution >= 4 is 28.9 Å². The molecule has 1 amide bonds. The summed E-state index contributed by atoms with van der Waals surface area (Å²) in [5.74, 6) is 0.701.